The van der Waals surface area contributed by atoms with E-state index in [2.05, 4.69) is 56.5 Å². The Kier molecular flexibility index (Phi) is 19.4. The maximum Gasteiger partial charge on any atom is 0.407 e. The van der Waals surface area contributed by atoms with Crippen LogP contribution in [0.15, 0.2) is 42.6 Å². The maximum absolute atomic E-state index is 13.3. The molecule has 0 saturated carbocycles. The van der Waals surface area contributed by atoms with Gasteiger partial charge in [0.25, 0.3) is 0 Å². The van der Waals surface area contributed by atoms with E-state index in [1.807, 2.05) is 29.2 Å². The predicted octanol–water partition coefficient (Wildman–Crippen LogP) is 7.08. The van der Waals surface area contributed by atoms with Gasteiger partial charge in [0.05, 0.1) is 42.1 Å². The van der Waals surface area contributed by atoms with Crippen LogP contribution in [0.1, 0.15) is 118 Å². The number of hydrogen-bond acceptors (Lipinski definition) is 7. The molecular weight excluding hydrogens is 811 g/mol. The number of carbonyl (C=O) groups excluding carboxylic acids is 3. The number of nitrogens with one attached hydrogen (secondary N) is 4. The first kappa shape index (κ1) is 48.6. The number of H-pyrrole nitrogens is 2. The molecule has 2 aromatic carbocycles. The van der Waals surface area contributed by atoms with E-state index in [9.17, 15) is 14.4 Å². The normalized spacial score (nSPS) is 21.4. The summed E-state index contributed by atoms with van der Waals surface area (Å²) in [5, 5.41) is 5.75. The number of alkyl carbamates (subject to hydrolysis) is 1. The van der Waals surface area contributed by atoms with E-state index in [1.165, 1.54) is 12.7 Å². The van der Waals surface area contributed by atoms with E-state index in [-0.39, 0.29) is 77.8 Å². The molecule has 16 heteroatoms. The molecule has 316 valence electrons. The smallest absolute Gasteiger partial charge is 0.407 e. The molecule has 4 N–H and O–H groups in total. The van der Waals surface area contributed by atoms with Gasteiger partial charge >= 0.3 is 6.09 Å². The summed E-state index contributed by atoms with van der Waals surface area (Å²) in [6.07, 6.45) is 11.7. The van der Waals surface area contributed by atoms with Crippen molar-refractivity contribution in [3.8, 4) is 23.1 Å². The number of benzene rings is 2. The minimum Gasteiger partial charge on any atom is -0.453 e. The molecule has 58 heavy (non-hydrogen) atoms. The molecule has 0 radical (unpaired) electrons. The Morgan fingerprint density at radius 3 is 2.41 bits per heavy atom. The number of nitrogens with zero attached hydrogens (tertiary/aromatic N) is 3. The highest BCUT2D eigenvalue weighted by atomic mass is 32.1. The molecule has 2 aromatic heterocycles. The lowest BCUT2D eigenvalue weighted by atomic mass is 9.98. The molecule has 3 aliphatic rings. The quantitative estimate of drug-likeness (QED) is 0.161. The number of hydrogen-bond donors (Lipinski definition) is 4. The Labute approximate surface area is 369 Å². The van der Waals surface area contributed by atoms with E-state index in [0.29, 0.717) is 31.9 Å². The molecule has 2 saturated heterocycles. The van der Waals surface area contributed by atoms with Gasteiger partial charge in [0.1, 0.15) is 17.7 Å². The van der Waals surface area contributed by atoms with Crippen molar-refractivity contribution in [2.45, 2.75) is 102 Å². The zero-order valence-corrected chi connectivity index (χ0v) is 37.3. The molecule has 7 rings (SSSR count). The number of rotatable bonds is 3. The van der Waals surface area contributed by atoms with Crippen LogP contribution in [0.25, 0.3) is 22.3 Å². The van der Waals surface area contributed by atoms with Crippen molar-refractivity contribution in [1.29, 1.82) is 0 Å². The molecule has 4 atom stereocenters. The van der Waals surface area contributed by atoms with Crippen LogP contribution in [0, 0.1) is 17.8 Å². The molecule has 5 heterocycles. The van der Waals surface area contributed by atoms with Crippen LogP contribution >= 0.6 is 54.0 Å². The summed E-state index contributed by atoms with van der Waals surface area (Å²) in [5.41, 5.74) is 6.74. The van der Waals surface area contributed by atoms with Crippen molar-refractivity contribution < 1.29 is 23.9 Å². The van der Waals surface area contributed by atoms with E-state index in [1.54, 1.807) is 6.20 Å². The second kappa shape index (κ2) is 23.1. The first-order chi connectivity index (χ1) is 26.4. The summed E-state index contributed by atoms with van der Waals surface area (Å²) in [7, 11) is 1.29. The summed E-state index contributed by atoms with van der Waals surface area (Å²) < 4.78 is 10.6. The fourth-order valence-electron chi connectivity index (χ4n) is 7.88. The highest BCUT2D eigenvalue weighted by Crippen LogP contribution is 2.35. The first-order valence-electron chi connectivity index (χ1n) is 19.6. The second-order valence-electron chi connectivity index (χ2n) is 14.9. The summed E-state index contributed by atoms with van der Waals surface area (Å²) in [5.74, 6) is 8.26. The first-order valence-corrected chi connectivity index (χ1v) is 19.6. The summed E-state index contributed by atoms with van der Waals surface area (Å²) >= 11 is 0. The van der Waals surface area contributed by atoms with Gasteiger partial charge in [-0.25, -0.2) is 14.8 Å². The van der Waals surface area contributed by atoms with Crippen LogP contribution in [0.3, 0.4) is 0 Å². The number of aryl methyl sites for hydroxylation is 1. The Morgan fingerprint density at radius 1 is 0.862 bits per heavy atom. The van der Waals surface area contributed by atoms with Gasteiger partial charge in [-0.3, -0.25) is 9.59 Å². The number of imidazole rings is 2. The summed E-state index contributed by atoms with van der Waals surface area (Å²) in [6.45, 7) is 3.99. The Hall–Kier alpha value is -3.75. The van der Waals surface area contributed by atoms with Crippen LogP contribution in [0.2, 0.25) is 0 Å². The number of fused-ring (bicyclic) bond motifs is 3. The Morgan fingerprint density at radius 2 is 1.62 bits per heavy atom. The predicted molar refractivity (Wildman–Crippen MR) is 247 cm³/mol. The highest BCUT2D eigenvalue weighted by molar-refractivity contribution is 7.59. The van der Waals surface area contributed by atoms with Crippen molar-refractivity contribution >= 4 is 82.9 Å². The average molecular weight is 870 g/mol. The van der Waals surface area contributed by atoms with Crippen LogP contribution < -0.4 is 10.6 Å². The van der Waals surface area contributed by atoms with Crippen molar-refractivity contribution in [1.82, 2.24) is 35.5 Å². The lowest BCUT2D eigenvalue weighted by molar-refractivity contribution is -0.136. The molecule has 2 bridgehead atoms. The zero-order chi connectivity index (χ0) is 37.4. The SMILES string of the molecule is COC(=O)N[C@H]1CCCCCOCC[C@@H](c2ncc(-c3ccc(C#Cc4cc5c6nc([nH]c6c4)C4CCCN4C(=O)[C@@H](C)CCCCC5)cc3)[nH]2)NC1=O.S.S.S.S. The van der Waals surface area contributed by atoms with Gasteiger partial charge in [-0.05, 0) is 86.8 Å². The lowest BCUT2D eigenvalue weighted by Gasteiger charge is -2.26. The highest BCUT2D eigenvalue weighted by Gasteiger charge is 2.34. The number of amides is 3. The molecular formula is C42H59N7O5S4. The molecule has 0 spiro atoms. The molecule has 3 amide bonds. The van der Waals surface area contributed by atoms with Gasteiger partial charge in [-0.15, -0.1) is 0 Å². The summed E-state index contributed by atoms with van der Waals surface area (Å²) in [6, 6.07) is 11.1. The monoisotopic (exact) mass is 869 g/mol. The lowest BCUT2D eigenvalue weighted by Crippen LogP contribution is -2.48. The number of aromatic nitrogens is 4. The third kappa shape index (κ3) is 11.9. The third-order valence-corrected chi connectivity index (χ3v) is 11.0. The van der Waals surface area contributed by atoms with Gasteiger partial charge < -0.3 is 35.0 Å². The molecule has 3 aliphatic heterocycles. The Balaban J connectivity index is 0.00000225. The molecule has 0 aliphatic carbocycles. The number of carbonyl (C=O) groups is 3. The van der Waals surface area contributed by atoms with Crippen LogP contribution in [0.4, 0.5) is 4.79 Å². The van der Waals surface area contributed by atoms with Crippen molar-refractivity contribution in [3.63, 3.8) is 0 Å². The third-order valence-electron chi connectivity index (χ3n) is 11.0. The molecule has 4 aromatic rings. The topological polar surface area (TPSA) is 154 Å². The fourth-order valence-corrected chi connectivity index (χ4v) is 7.88. The number of ether oxygens (including phenoxy) is 2. The van der Waals surface area contributed by atoms with E-state index in [4.69, 9.17) is 14.5 Å². The van der Waals surface area contributed by atoms with Crippen molar-refractivity contribution in [2.24, 2.45) is 5.92 Å². The molecule has 1 unspecified atom stereocenters. The molecule has 12 nitrogen and oxygen atoms in total. The van der Waals surface area contributed by atoms with E-state index in [0.717, 1.165) is 110 Å². The number of methoxy groups -OCH3 is 1. The van der Waals surface area contributed by atoms with Crippen LogP contribution in [-0.4, -0.2) is 75.7 Å². The van der Waals surface area contributed by atoms with E-state index < -0.39 is 18.2 Å². The van der Waals surface area contributed by atoms with Gasteiger partial charge in [-0.1, -0.05) is 56.6 Å². The summed E-state index contributed by atoms with van der Waals surface area (Å²) in [4.78, 5) is 57.3. The second-order valence-corrected chi connectivity index (χ2v) is 14.9. The van der Waals surface area contributed by atoms with Crippen LogP contribution in [0.5, 0.6) is 0 Å². The van der Waals surface area contributed by atoms with E-state index >= 15 is 0 Å². The maximum atomic E-state index is 13.3. The van der Waals surface area contributed by atoms with Crippen molar-refractivity contribution in [2.75, 3.05) is 26.9 Å². The van der Waals surface area contributed by atoms with Gasteiger partial charge in [-0.2, -0.15) is 54.0 Å². The molecule has 2 fully saturated rings. The van der Waals surface area contributed by atoms with Crippen molar-refractivity contribution in [3.05, 3.63) is 70.9 Å². The largest absolute Gasteiger partial charge is 0.453 e. The van der Waals surface area contributed by atoms with Crippen LogP contribution in [-0.2, 0) is 25.5 Å². The minimum atomic E-state index is -0.697. The fraction of sp³-hybridized carbons (Fsp3) is 0.500. The Bertz CT molecular complexity index is 2030. The van der Waals surface area contributed by atoms with Gasteiger partial charge in [0.15, 0.2) is 0 Å². The van der Waals surface area contributed by atoms with Gasteiger partial charge in [0.2, 0.25) is 11.8 Å². The standard InChI is InChI=1S/C42H51N7O5.4H2S/c1-27-10-5-3-6-11-31-24-29(25-34-37(31)48-39(44-34)36-13-9-21-49(36)41(27)51)15-14-28-16-18-30(19-17-28)35-26-43-38(45-35)32-20-23-54-22-8-4-7-12-33(40(50)46-32)47-42(52)53-2;;;;/h16-19,24-27,32-33,36H,3-13,20-23H2,1-2H3,(H,43,45)(H,44,48)(H,46,50)(H,47,52);4*1H2/t27-,32-,33-,36?;;;;/m0..../s1. The van der Waals surface area contributed by atoms with Gasteiger partial charge in [0, 0.05) is 36.8 Å². The average Bonchev–Trinajstić information content (AvgIpc) is 3.96. The number of aromatic amines is 2. The zero-order valence-electron chi connectivity index (χ0n) is 33.3. The minimum absolute atomic E-state index is 0.